The second-order valence-corrected chi connectivity index (χ2v) is 7.62. The van der Waals surface area contributed by atoms with Crippen LogP contribution in [-0.2, 0) is 30.7 Å². The predicted molar refractivity (Wildman–Crippen MR) is 111 cm³/mol. The fourth-order valence-corrected chi connectivity index (χ4v) is 4.36. The van der Waals surface area contributed by atoms with Gasteiger partial charge in [0.25, 0.3) is 0 Å². The largest absolute Gasteiger partial charge is 0.487 e. The van der Waals surface area contributed by atoms with Crippen molar-refractivity contribution >= 4 is 11.5 Å². The van der Waals surface area contributed by atoms with Crippen LogP contribution in [0.5, 0.6) is 5.75 Å². The summed E-state index contributed by atoms with van der Waals surface area (Å²) in [7, 11) is 0. The molecule has 0 bridgehead atoms. The number of fused-ring (bicyclic) bond motifs is 3. The molecule has 0 fully saturated rings. The number of hydrogen-bond donors (Lipinski definition) is 1. The van der Waals surface area contributed by atoms with E-state index in [-0.39, 0.29) is 12.5 Å². The van der Waals surface area contributed by atoms with Crippen molar-refractivity contribution in [2.45, 2.75) is 38.3 Å². The Morgan fingerprint density at radius 1 is 1.17 bits per heavy atom. The van der Waals surface area contributed by atoms with Gasteiger partial charge in [-0.25, -0.2) is 4.68 Å². The molecular formula is C23H22N4O3. The molecule has 1 atom stereocenters. The van der Waals surface area contributed by atoms with Gasteiger partial charge >= 0.3 is 5.97 Å². The van der Waals surface area contributed by atoms with E-state index in [1.807, 2.05) is 65.6 Å². The smallest absolute Gasteiger partial charge is 0.307 e. The Morgan fingerprint density at radius 2 is 2.00 bits per heavy atom. The summed E-state index contributed by atoms with van der Waals surface area (Å²) in [5, 5.41) is 18.0. The van der Waals surface area contributed by atoms with Gasteiger partial charge in [0.2, 0.25) is 0 Å². The van der Waals surface area contributed by atoms with Gasteiger partial charge in [-0.1, -0.05) is 29.5 Å². The second kappa shape index (κ2) is 7.67. The number of para-hydroxylation sites is 1. The highest BCUT2D eigenvalue weighted by molar-refractivity contribution is 5.76. The van der Waals surface area contributed by atoms with Crippen LogP contribution in [0.25, 0.3) is 5.52 Å². The second-order valence-electron chi connectivity index (χ2n) is 7.62. The third-order valence-electron chi connectivity index (χ3n) is 5.72. The minimum atomic E-state index is -0.796. The number of hydrogen-bond acceptors (Lipinski definition) is 4. The van der Waals surface area contributed by atoms with Crippen LogP contribution in [0.1, 0.15) is 35.0 Å². The van der Waals surface area contributed by atoms with Crippen molar-refractivity contribution in [1.29, 1.82) is 0 Å². The van der Waals surface area contributed by atoms with E-state index in [9.17, 15) is 9.90 Å². The highest BCUT2D eigenvalue weighted by atomic mass is 16.5. The topological polar surface area (TPSA) is 81.6 Å². The zero-order chi connectivity index (χ0) is 20.5. The molecule has 1 unspecified atom stereocenters. The molecule has 0 radical (unpaired) electrons. The maximum Gasteiger partial charge on any atom is 0.307 e. The average molecular weight is 402 g/mol. The van der Waals surface area contributed by atoms with Gasteiger partial charge in [-0.15, -0.1) is 5.10 Å². The van der Waals surface area contributed by atoms with Crippen LogP contribution in [0.3, 0.4) is 0 Å². The molecule has 0 amide bonds. The number of rotatable bonds is 6. The van der Waals surface area contributed by atoms with Crippen molar-refractivity contribution < 1.29 is 14.6 Å². The fraction of sp³-hybridized carbons (Fsp3) is 0.261. The van der Waals surface area contributed by atoms with E-state index in [2.05, 4.69) is 14.7 Å². The van der Waals surface area contributed by atoms with Gasteiger partial charge < -0.3 is 14.2 Å². The molecule has 7 nitrogen and oxygen atoms in total. The molecule has 3 heterocycles. The molecule has 1 N–H and O–H groups in total. The first kappa shape index (κ1) is 18.4. The van der Waals surface area contributed by atoms with Crippen molar-refractivity contribution in [2.75, 3.05) is 0 Å². The first-order valence-electron chi connectivity index (χ1n) is 10.1. The third-order valence-corrected chi connectivity index (χ3v) is 5.72. The fourth-order valence-electron chi connectivity index (χ4n) is 4.36. The lowest BCUT2D eigenvalue weighted by molar-refractivity contribution is -0.136. The molecule has 30 heavy (non-hydrogen) atoms. The molecule has 0 saturated carbocycles. The number of nitrogens with zero attached hydrogens (tertiary/aromatic N) is 4. The van der Waals surface area contributed by atoms with E-state index < -0.39 is 5.97 Å². The Bertz CT molecular complexity index is 1200. The maximum atomic E-state index is 11.4. The van der Waals surface area contributed by atoms with E-state index in [1.54, 1.807) is 0 Å². The Morgan fingerprint density at radius 3 is 2.83 bits per heavy atom. The minimum absolute atomic E-state index is 0.0534. The molecule has 7 heteroatoms. The standard InChI is InChI=1S/C23H22N4O3/c28-23(29)13-20-19-10-9-17(12-22(19)26-11-5-4-8-21(20)26)27-14-16(24-25-27)15-30-18-6-2-1-3-7-18/h1-8,11,14,17H,9-10,12-13,15H2,(H,28,29). The molecule has 0 spiro atoms. The highest BCUT2D eigenvalue weighted by Crippen LogP contribution is 2.34. The van der Waals surface area contributed by atoms with Crippen LogP contribution >= 0.6 is 0 Å². The maximum absolute atomic E-state index is 11.4. The summed E-state index contributed by atoms with van der Waals surface area (Å²) in [5.41, 5.74) is 5.06. The Kier molecular flexibility index (Phi) is 4.71. The van der Waals surface area contributed by atoms with Crippen LogP contribution in [0.2, 0.25) is 0 Å². The van der Waals surface area contributed by atoms with Crippen LogP contribution in [0.15, 0.2) is 60.9 Å². The van der Waals surface area contributed by atoms with Gasteiger partial charge in [0.1, 0.15) is 18.1 Å². The van der Waals surface area contributed by atoms with Gasteiger partial charge in [0.15, 0.2) is 0 Å². The molecule has 1 aliphatic carbocycles. The lowest BCUT2D eigenvalue weighted by atomic mass is 9.90. The monoisotopic (exact) mass is 402 g/mol. The number of aromatic nitrogens is 4. The zero-order valence-electron chi connectivity index (χ0n) is 16.4. The molecule has 4 aromatic rings. The minimum Gasteiger partial charge on any atom is -0.487 e. The van der Waals surface area contributed by atoms with Crippen molar-refractivity contribution in [3.63, 3.8) is 0 Å². The molecule has 0 aliphatic heterocycles. The first-order chi connectivity index (χ1) is 14.7. The van der Waals surface area contributed by atoms with Gasteiger partial charge in [-0.3, -0.25) is 4.79 Å². The average Bonchev–Trinajstić information content (AvgIpc) is 3.36. The number of benzene rings is 1. The Labute approximate surface area is 173 Å². The van der Waals surface area contributed by atoms with E-state index >= 15 is 0 Å². The van der Waals surface area contributed by atoms with Crippen molar-refractivity contribution in [1.82, 2.24) is 19.4 Å². The summed E-state index contributed by atoms with van der Waals surface area (Å²) in [6, 6.07) is 15.8. The molecular weight excluding hydrogens is 380 g/mol. The van der Waals surface area contributed by atoms with E-state index in [1.165, 1.54) is 11.3 Å². The van der Waals surface area contributed by atoms with Crippen molar-refractivity contribution in [3.8, 4) is 5.75 Å². The normalized spacial score (nSPS) is 15.8. The van der Waals surface area contributed by atoms with Crippen LogP contribution in [0, 0.1) is 0 Å². The van der Waals surface area contributed by atoms with E-state index in [0.717, 1.165) is 41.8 Å². The third kappa shape index (κ3) is 3.43. The van der Waals surface area contributed by atoms with E-state index in [4.69, 9.17) is 4.74 Å². The molecule has 3 aromatic heterocycles. The number of carbonyl (C=O) groups is 1. The van der Waals surface area contributed by atoms with Gasteiger partial charge in [0.05, 0.1) is 18.7 Å². The summed E-state index contributed by atoms with van der Waals surface area (Å²) < 4.78 is 9.83. The number of ether oxygens (including phenoxy) is 1. The van der Waals surface area contributed by atoms with Crippen LogP contribution in [-0.4, -0.2) is 30.5 Å². The Balaban J connectivity index is 1.37. The number of carboxylic acids is 1. The zero-order valence-corrected chi connectivity index (χ0v) is 16.4. The van der Waals surface area contributed by atoms with Crippen LogP contribution in [0.4, 0.5) is 0 Å². The van der Waals surface area contributed by atoms with E-state index in [0.29, 0.717) is 6.61 Å². The Hall–Kier alpha value is -3.61. The summed E-state index contributed by atoms with van der Waals surface area (Å²) in [6.45, 7) is 0.374. The molecule has 152 valence electrons. The summed E-state index contributed by atoms with van der Waals surface area (Å²) in [5.74, 6) is 0.00980. The number of carboxylic acid groups (broad SMARTS) is 1. The SMILES string of the molecule is O=C(O)Cc1c2c(n3ccccc13)CC(n1cc(COc3ccccc3)nn1)CC2. The van der Waals surface area contributed by atoms with Gasteiger partial charge in [0, 0.05) is 23.8 Å². The summed E-state index contributed by atoms with van der Waals surface area (Å²) in [4.78, 5) is 11.4. The van der Waals surface area contributed by atoms with Crippen molar-refractivity contribution in [3.05, 3.63) is 83.4 Å². The molecule has 5 rings (SSSR count). The predicted octanol–water partition coefficient (Wildman–Crippen LogP) is 3.47. The number of aliphatic carboxylic acids is 1. The van der Waals surface area contributed by atoms with Crippen molar-refractivity contribution in [2.24, 2.45) is 0 Å². The quantitative estimate of drug-likeness (QED) is 0.534. The molecule has 1 aromatic carbocycles. The lowest BCUT2D eigenvalue weighted by Crippen LogP contribution is -2.20. The summed E-state index contributed by atoms with van der Waals surface area (Å²) >= 11 is 0. The number of pyridine rings is 1. The van der Waals surface area contributed by atoms with Gasteiger partial charge in [-0.05, 0) is 48.2 Å². The molecule has 1 aliphatic rings. The summed E-state index contributed by atoms with van der Waals surface area (Å²) in [6.07, 6.45) is 6.55. The van der Waals surface area contributed by atoms with Gasteiger partial charge in [-0.2, -0.15) is 0 Å². The molecule has 0 saturated heterocycles. The lowest BCUT2D eigenvalue weighted by Gasteiger charge is -2.23. The highest BCUT2D eigenvalue weighted by Gasteiger charge is 2.28. The van der Waals surface area contributed by atoms with Crippen LogP contribution < -0.4 is 4.74 Å². The first-order valence-corrected chi connectivity index (χ1v) is 10.1.